The Morgan fingerprint density at radius 3 is 2.71 bits per heavy atom. The van der Waals surface area contributed by atoms with Gasteiger partial charge in [-0.3, -0.25) is 19.4 Å². The van der Waals surface area contributed by atoms with Crippen molar-refractivity contribution in [3.8, 4) is 11.5 Å². The van der Waals surface area contributed by atoms with Gasteiger partial charge in [-0.1, -0.05) is 0 Å². The highest BCUT2D eigenvalue weighted by Crippen LogP contribution is 2.35. The van der Waals surface area contributed by atoms with Crippen molar-refractivity contribution in [2.75, 3.05) is 19.6 Å². The van der Waals surface area contributed by atoms with Crippen LogP contribution in [0, 0.1) is 0 Å². The molecule has 0 bridgehead atoms. The molecule has 8 nitrogen and oxygen atoms in total. The van der Waals surface area contributed by atoms with E-state index in [1.165, 1.54) is 0 Å². The van der Waals surface area contributed by atoms with E-state index in [2.05, 4.69) is 15.0 Å². The molecule has 0 saturated carbocycles. The van der Waals surface area contributed by atoms with Gasteiger partial charge in [-0.25, -0.2) is 18.7 Å². The maximum absolute atomic E-state index is 13.6. The van der Waals surface area contributed by atoms with Gasteiger partial charge in [0.25, 0.3) is 5.92 Å². The molecule has 34 heavy (non-hydrogen) atoms. The van der Waals surface area contributed by atoms with Gasteiger partial charge in [-0.05, 0) is 25.0 Å². The second-order valence-corrected chi connectivity index (χ2v) is 8.50. The lowest BCUT2D eigenvalue weighted by Gasteiger charge is -2.33. The Morgan fingerprint density at radius 1 is 1.26 bits per heavy atom. The van der Waals surface area contributed by atoms with Crippen LogP contribution in [0.5, 0.6) is 0 Å². The quantitative estimate of drug-likeness (QED) is 0.629. The molecule has 184 valence electrons. The number of alkyl halides is 5. The van der Waals surface area contributed by atoms with Crippen LogP contribution < -0.4 is 5.73 Å². The molecule has 0 spiro atoms. The van der Waals surface area contributed by atoms with Gasteiger partial charge in [0.2, 0.25) is 11.8 Å². The number of aromatic amines is 1. The Balaban J connectivity index is 1.45. The van der Waals surface area contributed by atoms with Crippen LogP contribution in [0.3, 0.4) is 0 Å². The summed E-state index contributed by atoms with van der Waals surface area (Å²) in [5.41, 5.74) is 5.52. The van der Waals surface area contributed by atoms with Gasteiger partial charge in [-0.15, -0.1) is 0 Å². The van der Waals surface area contributed by atoms with Crippen molar-refractivity contribution in [1.82, 2.24) is 24.8 Å². The molecule has 3 N–H and O–H groups in total. The predicted molar refractivity (Wildman–Crippen MR) is 109 cm³/mol. The summed E-state index contributed by atoms with van der Waals surface area (Å²) in [6.45, 7) is -0.443. The summed E-state index contributed by atoms with van der Waals surface area (Å²) in [6, 6.07) is 2.00. The number of fused-ring (bicyclic) bond motifs is 1. The molecular weight excluding hydrogens is 463 g/mol. The highest BCUT2D eigenvalue weighted by molar-refractivity contribution is 5.98. The number of hydrogen-bond donors (Lipinski definition) is 2. The number of rotatable bonds is 5. The zero-order valence-corrected chi connectivity index (χ0v) is 18.0. The zero-order chi connectivity index (χ0) is 24.7. The molecule has 4 rings (SSSR count). The largest absolute Gasteiger partial charge is 0.433 e. The molecule has 2 amide bonds. The molecule has 2 aromatic rings. The Bertz CT molecular complexity index is 1070. The fourth-order valence-electron chi connectivity index (χ4n) is 4.17. The standard InChI is InChI=1S/C21H23F5N6O2/c22-20(23)6-3-16(33)32(11-20)19(34)13(27)5-9-31-8-4-12-15(10-31)29-18(14-2-1-7-28-14)30-17(12)21(24,25)26/h1-2,7,13,28H,3-6,8-11,27H2/t13-/m0/s1. The van der Waals surface area contributed by atoms with Crippen LogP contribution in [0.25, 0.3) is 11.5 Å². The van der Waals surface area contributed by atoms with Gasteiger partial charge in [0, 0.05) is 44.2 Å². The first-order valence-corrected chi connectivity index (χ1v) is 10.8. The first-order chi connectivity index (χ1) is 15.9. The Morgan fingerprint density at radius 2 is 2.03 bits per heavy atom. The number of halogens is 5. The first-order valence-electron chi connectivity index (χ1n) is 10.8. The predicted octanol–water partition coefficient (Wildman–Crippen LogP) is 2.35. The summed E-state index contributed by atoms with van der Waals surface area (Å²) >= 11 is 0. The van der Waals surface area contributed by atoms with Gasteiger partial charge >= 0.3 is 6.18 Å². The molecule has 2 aliphatic heterocycles. The van der Waals surface area contributed by atoms with E-state index in [-0.39, 0.29) is 49.6 Å². The molecule has 2 aromatic heterocycles. The number of H-pyrrole nitrogens is 1. The van der Waals surface area contributed by atoms with Crippen molar-refractivity contribution in [3.05, 3.63) is 35.3 Å². The summed E-state index contributed by atoms with van der Waals surface area (Å²) in [6.07, 6.45) is -4.03. The molecule has 0 radical (unpaired) electrons. The molecule has 1 fully saturated rings. The molecule has 0 unspecified atom stereocenters. The van der Waals surface area contributed by atoms with Crippen molar-refractivity contribution in [2.45, 2.75) is 50.4 Å². The average molecular weight is 486 g/mol. The van der Waals surface area contributed by atoms with Crippen LogP contribution in [0.15, 0.2) is 18.3 Å². The van der Waals surface area contributed by atoms with Crippen LogP contribution in [-0.2, 0) is 28.7 Å². The monoisotopic (exact) mass is 486 g/mol. The maximum atomic E-state index is 13.6. The SMILES string of the molecule is N[C@@H](CCN1CCc2c(nc(-c3ccc[nH]3)nc2C(F)(F)F)C1)C(=O)N1CC(F)(F)CCC1=O. The van der Waals surface area contributed by atoms with Gasteiger partial charge in [-0.2, -0.15) is 13.2 Å². The lowest BCUT2D eigenvalue weighted by atomic mass is 10.0. The van der Waals surface area contributed by atoms with E-state index in [0.717, 1.165) is 0 Å². The maximum Gasteiger partial charge on any atom is 0.433 e. The van der Waals surface area contributed by atoms with Gasteiger partial charge < -0.3 is 10.7 Å². The van der Waals surface area contributed by atoms with E-state index in [0.29, 0.717) is 10.6 Å². The number of piperidine rings is 1. The third kappa shape index (κ3) is 5.09. The smallest absolute Gasteiger partial charge is 0.359 e. The number of likely N-dealkylation sites (tertiary alicyclic amines) is 1. The van der Waals surface area contributed by atoms with E-state index >= 15 is 0 Å². The van der Waals surface area contributed by atoms with E-state index in [9.17, 15) is 31.5 Å². The van der Waals surface area contributed by atoms with Crippen LogP contribution >= 0.6 is 0 Å². The Labute approximate surface area is 191 Å². The summed E-state index contributed by atoms with van der Waals surface area (Å²) in [4.78, 5) is 37.5. The topological polar surface area (TPSA) is 108 Å². The zero-order valence-electron chi connectivity index (χ0n) is 18.0. The minimum Gasteiger partial charge on any atom is -0.359 e. The minimum atomic E-state index is -4.64. The van der Waals surface area contributed by atoms with E-state index in [1.807, 2.05) is 0 Å². The fourth-order valence-corrected chi connectivity index (χ4v) is 4.17. The highest BCUT2D eigenvalue weighted by Gasteiger charge is 2.43. The van der Waals surface area contributed by atoms with E-state index in [4.69, 9.17) is 5.73 Å². The number of amides is 2. The molecule has 1 atom stereocenters. The van der Waals surface area contributed by atoms with E-state index < -0.39 is 55.0 Å². The lowest BCUT2D eigenvalue weighted by Crippen LogP contribution is -2.54. The molecular formula is C21H23F5N6O2. The fraction of sp³-hybridized carbons (Fsp3) is 0.524. The minimum absolute atomic E-state index is 0.0283. The second kappa shape index (κ2) is 9.02. The average Bonchev–Trinajstić information content (AvgIpc) is 3.32. The number of nitrogens with one attached hydrogen (secondary N) is 1. The summed E-state index contributed by atoms with van der Waals surface area (Å²) in [5, 5.41) is 0. The molecule has 0 aliphatic carbocycles. The highest BCUT2D eigenvalue weighted by atomic mass is 19.4. The normalized spacial score (nSPS) is 19.7. The number of aromatic nitrogens is 3. The second-order valence-electron chi connectivity index (χ2n) is 8.50. The number of imide groups is 1. The van der Waals surface area contributed by atoms with Crippen molar-refractivity contribution in [1.29, 1.82) is 0 Å². The number of hydrogen-bond acceptors (Lipinski definition) is 6. The number of nitrogens with zero attached hydrogens (tertiary/aromatic N) is 4. The van der Waals surface area contributed by atoms with Crippen LogP contribution in [0.1, 0.15) is 36.2 Å². The number of carbonyl (C=O) groups excluding carboxylic acids is 2. The Kier molecular flexibility index (Phi) is 6.42. The first kappa shape index (κ1) is 24.2. The van der Waals surface area contributed by atoms with Crippen molar-refractivity contribution < 1.29 is 31.5 Å². The molecule has 2 aliphatic rings. The molecule has 4 heterocycles. The lowest BCUT2D eigenvalue weighted by molar-refractivity contribution is -0.159. The van der Waals surface area contributed by atoms with Crippen molar-refractivity contribution in [3.63, 3.8) is 0 Å². The van der Waals surface area contributed by atoms with E-state index in [1.54, 1.807) is 23.2 Å². The van der Waals surface area contributed by atoms with Gasteiger partial charge in [0.05, 0.1) is 24.0 Å². The summed E-state index contributed by atoms with van der Waals surface area (Å²) < 4.78 is 68.2. The van der Waals surface area contributed by atoms with Crippen molar-refractivity contribution >= 4 is 11.8 Å². The molecule has 13 heteroatoms. The summed E-state index contributed by atoms with van der Waals surface area (Å²) in [5.74, 6) is -4.79. The van der Waals surface area contributed by atoms with Gasteiger partial charge in [0.1, 0.15) is 0 Å². The van der Waals surface area contributed by atoms with Crippen LogP contribution in [-0.4, -0.2) is 68.2 Å². The third-order valence-corrected chi connectivity index (χ3v) is 5.99. The molecule has 0 aromatic carbocycles. The Hall–Kier alpha value is -2.93. The van der Waals surface area contributed by atoms with Crippen LogP contribution in [0.2, 0.25) is 0 Å². The van der Waals surface area contributed by atoms with Crippen molar-refractivity contribution in [2.24, 2.45) is 5.73 Å². The summed E-state index contributed by atoms with van der Waals surface area (Å²) in [7, 11) is 0. The number of nitrogens with two attached hydrogens (primary N) is 1. The van der Waals surface area contributed by atoms with Crippen LogP contribution in [0.4, 0.5) is 22.0 Å². The third-order valence-electron chi connectivity index (χ3n) is 5.99. The van der Waals surface area contributed by atoms with Gasteiger partial charge in [0.15, 0.2) is 11.5 Å². The number of carbonyl (C=O) groups is 2. The molecule has 1 saturated heterocycles.